The Morgan fingerprint density at radius 2 is 1.78 bits per heavy atom. The lowest BCUT2D eigenvalue weighted by atomic mass is 10.2. The summed E-state index contributed by atoms with van der Waals surface area (Å²) in [5.74, 6) is 0. The Morgan fingerprint density at radius 1 is 1.13 bits per heavy atom. The van der Waals surface area contributed by atoms with Crippen LogP contribution in [0.1, 0.15) is 40.2 Å². The summed E-state index contributed by atoms with van der Waals surface area (Å²) in [7, 11) is 0. The molecule has 130 valence electrons. The molecule has 0 aliphatic rings. The molecule has 2 unspecified atom stereocenters. The van der Waals surface area contributed by atoms with Gasteiger partial charge in [0.25, 0.3) is 0 Å². The fraction of sp³-hybridized carbons (Fsp3) is 0.611. The van der Waals surface area contributed by atoms with Gasteiger partial charge in [0.2, 0.25) is 0 Å². The quantitative estimate of drug-likeness (QED) is 0.772. The average molecular weight is 322 g/mol. The first kappa shape index (κ1) is 19.5. The van der Waals surface area contributed by atoms with Crippen molar-refractivity contribution in [3.05, 3.63) is 35.9 Å². The Kier molecular flexibility index (Phi) is 8.06. The first-order valence-electron chi connectivity index (χ1n) is 8.11. The van der Waals surface area contributed by atoms with Crippen LogP contribution in [0.2, 0.25) is 0 Å². The first-order valence-corrected chi connectivity index (χ1v) is 8.11. The summed E-state index contributed by atoms with van der Waals surface area (Å²) in [5, 5.41) is 6.15. The van der Waals surface area contributed by atoms with E-state index in [9.17, 15) is 4.79 Å². The lowest BCUT2D eigenvalue weighted by molar-refractivity contribution is 0.0520. The van der Waals surface area contributed by atoms with Crippen LogP contribution in [0.25, 0.3) is 0 Å². The standard InChI is InChI=1S/C18H30N2O3/c1-14(11-19-17(21)23-18(3,4)5)20-15(2)12-22-13-16-9-7-6-8-10-16/h6-10,14-15,20H,11-13H2,1-5H3,(H,19,21). The van der Waals surface area contributed by atoms with Gasteiger partial charge in [-0.05, 0) is 40.2 Å². The van der Waals surface area contributed by atoms with Gasteiger partial charge < -0.3 is 20.1 Å². The van der Waals surface area contributed by atoms with Gasteiger partial charge in [-0.3, -0.25) is 0 Å². The SMILES string of the molecule is CC(CNC(=O)OC(C)(C)C)NC(C)COCc1ccccc1. The van der Waals surface area contributed by atoms with Gasteiger partial charge in [0.05, 0.1) is 13.2 Å². The topological polar surface area (TPSA) is 59.6 Å². The van der Waals surface area contributed by atoms with E-state index in [1.807, 2.05) is 58.0 Å². The third kappa shape index (κ3) is 9.92. The lowest BCUT2D eigenvalue weighted by Crippen LogP contribution is -2.45. The van der Waals surface area contributed by atoms with Crippen LogP contribution in [0.5, 0.6) is 0 Å². The minimum atomic E-state index is -0.473. The molecule has 0 aliphatic heterocycles. The van der Waals surface area contributed by atoms with Gasteiger partial charge >= 0.3 is 6.09 Å². The molecular weight excluding hydrogens is 292 g/mol. The average Bonchev–Trinajstić information content (AvgIpc) is 2.44. The maximum atomic E-state index is 11.6. The molecule has 1 aromatic carbocycles. The van der Waals surface area contributed by atoms with Crippen LogP contribution in [-0.2, 0) is 16.1 Å². The smallest absolute Gasteiger partial charge is 0.407 e. The number of alkyl carbamates (subject to hydrolysis) is 1. The fourth-order valence-electron chi connectivity index (χ4n) is 2.07. The van der Waals surface area contributed by atoms with E-state index in [1.165, 1.54) is 5.56 Å². The second kappa shape index (κ2) is 9.53. The molecule has 23 heavy (non-hydrogen) atoms. The van der Waals surface area contributed by atoms with Crippen LogP contribution in [-0.4, -0.2) is 36.9 Å². The Labute approximate surface area is 139 Å². The van der Waals surface area contributed by atoms with Crippen molar-refractivity contribution in [2.45, 2.75) is 58.9 Å². The van der Waals surface area contributed by atoms with Crippen molar-refractivity contribution in [1.82, 2.24) is 10.6 Å². The molecule has 5 nitrogen and oxygen atoms in total. The second-order valence-electron chi connectivity index (χ2n) is 6.85. The summed E-state index contributed by atoms with van der Waals surface area (Å²) in [6.07, 6.45) is -0.390. The zero-order valence-corrected chi connectivity index (χ0v) is 14.9. The van der Waals surface area contributed by atoms with E-state index in [1.54, 1.807) is 0 Å². The number of carbonyl (C=O) groups excluding carboxylic acids is 1. The lowest BCUT2D eigenvalue weighted by Gasteiger charge is -2.23. The van der Waals surface area contributed by atoms with Crippen molar-refractivity contribution in [2.24, 2.45) is 0 Å². The van der Waals surface area contributed by atoms with Crippen LogP contribution in [0.4, 0.5) is 4.79 Å². The predicted octanol–water partition coefficient (Wildman–Crippen LogP) is 3.09. The highest BCUT2D eigenvalue weighted by atomic mass is 16.6. The summed E-state index contributed by atoms with van der Waals surface area (Å²) >= 11 is 0. The molecule has 0 saturated heterocycles. The van der Waals surface area contributed by atoms with E-state index in [0.717, 1.165) is 0 Å². The van der Waals surface area contributed by atoms with Crippen molar-refractivity contribution >= 4 is 6.09 Å². The van der Waals surface area contributed by atoms with E-state index in [0.29, 0.717) is 19.8 Å². The molecule has 0 aliphatic carbocycles. The summed E-state index contributed by atoms with van der Waals surface area (Å²) < 4.78 is 10.9. The Bertz CT molecular complexity index is 457. The number of benzene rings is 1. The number of nitrogens with one attached hydrogen (secondary N) is 2. The molecule has 1 amide bonds. The molecule has 0 aromatic heterocycles. The maximum Gasteiger partial charge on any atom is 0.407 e. The van der Waals surface area contributed by atoms with Crippen LogP contribution < -0.4 is 10.6 Å². The first-order chi connectivity index (χ1) is 10.8. The predicted molar refractivity (Wildman–Crippen MR) is 92.4 cm³/mol. The van der Waals surface area contributed by atoms with Crippen molar-refractivity contribution in [3.8, 4) is 0 Å². The molecule has 5 heteroatoms. The second-order valence-corrected chi connectivity index (χ2v) is 6.85. The van der Waals surface area contributed by atoms with Crippen LogP contribution in [0.3, 0.4) is 0 Å². The van der Waals surface area contributed by atoms with Crippen molar-refractivity contribution in [1.29, 1.82) is 0 Å². The number of amides is 1. The maximum absolute atomic E-state index is 11.6. The number of rotatable bonds is 8. The van der Waals surface area contributed by atoms with Gasteiger partial charge in [-0.15, -0.1) is 0 Å². The fourth-order valence-corrected chi connectivity index (χ4v) is 2.07. The van der Waals surface area contributed by atoms with Crippen molar-refractivity contribution in [2.75, 3.05) is 13.2 Å². The van der Waals surface area contributed by atoms with Crippen LogP contribution in [0.15, 0.2) is 30.3 Å². The summed E-state index contributed by atoms with van der Waals surface area (Å²) in [6.45, 7) is 11.4. The highest BCUT2D eigenvalue weighted by Crippen LogP contribution is 2.06. The van der Waals surface area contributed by atoms with E-state index >= 15 is 0 Å². The molecular formula is C18H30N2O3. The minimum Gasteiger partial charge on any atom is -0.444 e. The van der Waals surface area contributed by atoms with Crippen LogP contribution >= 0.6 is 0 Å². The van der Waals surface area contributed by atoms with Crippen molar-refractivity contribution in [3.63, 3.8) is 0 Å². The van der Waals surface area contributed by atoms with E-state index in [-0.39, 0.29) is 18.2 Å². The van der Waals surface area contributed by atoms with Gasteiger partial charge in [-0.25, -0.2) is 4.79 Å². The molecule has 0 radical (unpaired) electrons. The largest absolute Gasteiger partial charge is 0.444 e. The van der Waals surface area contributed by atoms with E-state index in [2.05, 4.69) is 17.6 Å². The third-order valence-electron chi connectivity index (χ3n) is 3.00. The summed E-state index contributed by atoms with van der Waals surface area (Å²) in [5.41, 5.74) is 0.693. The molecule has 0 saturated carbocycles. The monoisotopic (exact) mass is 322 g/mol. The van der Waals surface area contributed by atoms with Gasteiger partial charge in [0.15, 0.2) is 0 Å². The molecule has 0 heterocycles. The molecule has 0 bridgehead atoms. The van der Waals surface area contributed by atoms with Gasteiger partial charge in [-0.2, -0.15) is 0 Å². The minimum absolute atomic E-state index is 0.137. The zero-order valence-electron chi connectivity index (χ0n) is 14.9. The molecule has 2 N–H and O–H groups in total. The zero-order chi connectivity index (χ0) is 17.3. The molecule has 1 rings (SSSR count). The Balaban J connectivity index is 2.15. The summed E-state index contributed by atoms with van der Waals surface area (Å²) in [4.78, 5) is 11.6. The number of hydrogen-bond acceptors (Lipinski definition) is 4. The van der Waals surface area contributed by atoms with Crippen molar-refractivity contribution < 1.29 is 14.3 Å². The molecule has 0 fully saturated rings. The Hall–Kier alpha value is -1.59. The summed E-state index contributed by atoms with van der Waals surface area (Å²) in [6, 6.07) is 10.4. The molecule has 0 spiro atoms. The Morgan fingerprint density at radius 3 is 2.39 bits per heavy atom. The number of hydrogen-bond donors (Lipinski definition) is 2. The number of ether oxygens (including phenoxy) is 2. The highest BCUT2D eigenvalue weighted by molar-refractivity contribution is 5.67. The normalized spacial score (nSPS) is 14.1. The van der Waals surface area contributed by atoms with Crippen LogP contribution in [0, 0.1) is 0 Å². The van der Waals surface area contributed by atoms with Gasteiger partial charge in [0, 0.05) is 18.6 Å². The molecule has 2 atom stereocenters. The van der Waals surface area contributed by atoms with E-state index in [4.69, 9.17) is 9.47 Å². The third-order valence-corrected chi connectivity index (χ3v) is 3.00. The van der Waals surface area contributed by atoms with Gasteiger partial charge in [-0.1, -0.05) is 30.3 Å². The van der Waals surface area contributed by atoms with E-state index < -0.39 is 5.60 Å². The van der Waals surface area contributed by atoms with Gasteiger partial charge in [0.1, 0.15) is 5.60 Å². The molecule has 1 aromatic rings. The highest BCUT2D eigenvalue weighted by Gasteiger charge is 2.16. The number of carbonyl (C=O) groups is 1.